The lowest BCUT2D eigenvalue weighted by molar-refractivity contribution is 0.276. The Hall–Kier alpha value is -2.63. The summed E-state index contributed by atoms with van der Waals surface area (Å²) in [6.45, 7) is 6.89. The molecule has 3 aromatic rings. The highest BCUT2D eigenvalue weighted by Crippen LogP contribution is 2.29. The number of likely N-dealkylation sites (N-methyl/N-ethyl adjacent to an activating group) is 1. The number of rotatable bonds is 7. The Morgan fingerprint density at radius 1 is 1.00 bits per heavy atom. The lowest BCUT2D eigenvalue weighted by Crippen LogP contribution is -2.30. The molecule has 0 spiro atoms. The van der Waals surface area contributed by atoms with Crippen LogP contribution in [0.5, 0.6) is 5.75 Å². The topological polar surface area (TPSA) is 40.6 Å². The van der Waals surface area contributed by atoms with Crippen molar-refractivity contribution in [1.29, 1.82) is 0 Å². The third-order valence-electron chi connectivity index (χ3n) is 5.88. The van der Waals surface area contributed by atoms with Gasteiger partial charge in [0.25, 0.3) is 0 Å². The van der Waals surface area contributed by atoms with E-state index in [-0.39, 0.29) is 0 Å². The van der Waals surface area contributed by atoms with Crippen molar-refractivity contribution in [2.45, 2.75) is 12.8 Å². The molecule has 1 aromatic heterocycles. The van der Waals surface area contributed by atoms with Gasteiger partial charge in [-0.1, -0.05) is 18.2 Å². The van der Waals surface area contributed by atoms with Gasteiger partial charge < -0.3 is 19.9 Å². The molecule has 5 nitrogen and oxygen atoms in total. The van der Waals surface area contributed by atoms with E-state index in [2.05, 4.69) is 58.6 Å². The maximum Gasteiger partial charge on any atom is 0.118 e. The Bertz CT molecular complexity index is 957. The molecule has 1 fully saturated rings. The molecule has 1 aliphatic rings. The summed E-state index contributed by atoms with van der Waals surface area (Å²) in [6.07, 6.45) is 2.41. The first-order valence-electron chi connectivity index (χ1n) is 10.9. The number of fused-ring (bicyclic) bond motifs is 1. The van der Waals surface area contributed by atoms with Gasteiger partial charge in [0.05, 0.1) is 18.3 Å². The summed E-state index contributed by atoms with van der Waals surface area (Å²) in [5, 5.41) is 4.85. The zero-order valence-electron chi connectivity index (χ0n) is 18.1. The molecule has 0 saturated carbocycles. The fourth-order valence-corrected chi connectivity index (χ4v) is 4.08. The lowest BCUT2D eigenvalue weighted by atomic mass is 10.1. The molecule has 2 heterocycles. The molecule has 1 N–H and O–H groups in total. The Morgan fingerprint density at radius 2 is 1.83 bits per heavy atom. The summed E-state index contributed by atoms with van der Waals surface area (Å²) in [5.41, 5.74) is 4.25. The minimum atomic E-state index is 0.859. The van der Waals surface area contributed by atoms with E-state index >= 15 is 0 Å². The average Bonchev–Trinajstić information content (AvgIpc) is 3.00. The number of ether oxygens (including phenoxy) is 1. The zero-order chi connectivity index (χ0) is 20.8. The van der Waals surface area contributed by atoms with Crippen LogP contribution >= 0.6 is 0 Å². The number of para-hydroxylation sites is 1. The van der Waals surface area contributed by atoms with E-state index in [1.165, 1.54) is 38.0 Å². The van der Waals surface area contributed by atoms with Crippen LogP contribution in [0.2, 0.25) is 0 Å². The number of nitrogens with one attached hydrogen (secondary N) is 1. The summed E-state index contributed by atoms with van der Waals surface area (Å²) in [5.74, 6) is 0.859. The number of pyridine rings is 1. The van der Waals surface area contributed by atoms with Crippen molar-refractivity contribution in [3.63, 3.8) is 0 Å². The summed E-state index contributed by atoms with van der Waals surface area (Å²) in [7, 11) is 3.91. The zero-order valence-corrected chi connectivity index (χ0v) is 18.1. The number of benzene rings is 2. The minimum Gasteiger partial charge on any atom is -0.497 e. The molecule has 4 rings (SSSR count). The normalized spacial score (nSPS) is 15.8. The SMILES string of the molecule is COc1ccc(-c2cc(NCCCN3CCCN(C)CC3)c3ccccc3n2)cc1. The first-order valence-corrected chi connectivity index (χ1v) is 10.9. The van der Waals surface area contributed by atoms with Crippen molar-refractivity contribution in [3.8, 4) is 17.0 Å². The van der Waals surface area contributed by atoms with Gasteiger partial charge in [-0.15, -0.1) is 0 Å². The Kier molecular flexibility index (Phi) is 6.82. The van der Waals surface area contributed by atoms with Crippen molar-refractivity contribution in [1.82, 2.24) is 14.8 Å². The Morgan fingerprint density at radius 3 is 2.67 bits per heavy atom. The quantitative estimate of drug-likeness (QED) is 0.593. The van der Waals surface area contributed by atoms with Crippen LogP contribution < -0.4 is 10.1 Å². The Labute approximate surface area is 179 Å². The van der Waals surface area contributed by atoms with Gasteiger partial charge in [0.15, 0.2) is 0 Å². The van der Waals surface area contributed by atoms with Crippen LogP contribution in [0.4, 0.5) is 5.69 Å². The fraction of sp³-hybridized carbons (Fsp3) is 0.400. The van der Waals surface area contributed by atoms with Crippen LogP contribution in [0.3, 0.4) is 0 Å². The van der Waals surface area contributed by atoms with Gasteiger partial charge in [-0.05, 0) is 75.9 Å². The van der Waals surface area contributed by atoms with Crippen molar-refractivity contribution in [3.05, 3.63) is 54.6 Å². The second-order valence-electron chi connectivity index (χ2n) is 8.08. The van der Waals surface area contributed by atoms with Crippen LogP contribution in [0.15, 0.2) is 54.6 Å². The smallest absolute Gasteiger partial charge is 0.118 e. The molecule has 30 heavy (non-hydrogen) atoms. The molecule has 5 heteroatoms. The molecule has 0 atom stereocenters. The third-order valence-corrected chi connectivity index (χ3v) is 5.88. The third kappa shape index (κ3) is 5.10. The van der Waals surface area contributed by atoms with Gasteiger partial charge in [0.1, 0.15) is 5.75 Å². The second kappa shape index (κ2) is 9.92. The van der Waals surface area contributed by atoms with Crippen molar-refractivity contribution in [2.24, 2.45) is 0 Å². The lowest BCUT2D eigenvalue weighted by Gasteiger charge is -2.20. The van der Waals surface area contributed by atoms with Gasteiger partial charge in [0, 0.05) is 36.3 Å². The number of anilines is 1. The van der Waals surface area contributed by atoms with E-state index in [1.54, 1.807) is 7.11 Å². The van der Waals surface area contributed by atoms with Crippen LogP contribution in [0.1, 0.15) is 12.8 Å². The minimum absolute atomic E-state index is 0.859. The first-order chi connectivity index (χ1) is 14.7. The summed E-state index contributed by atoms with van der Waals surface area (Å²) in [6, 6.07) is 18.6. The second-order valence-corrected chi connectivity index (χ2v) is 8.08. The van der Waals surface area contributed by atoms with E-state index in [1.807, 2.05) is 18.2 Å². The van der Waals surface area contributed by atoms with Gasteiger partial charge in [-0.2, -0.15) is 0 Å². The predicted molar refractivity (Wildman–Crippen MR) is 125 cm³/mol. The molecule has 158 valence electrons. The molecule has 0 bridgehead atoms. The van der Waals surface area contributed by atoms with E-state index in [0.717, 1.165) is 47.7 Å². The summed E-state index contributed by atoms with van der Waals surface area (Å²) < 4.78 is 5.29. The maximum atomic E-state index is 5.29. The van der Waals surface area contributed by atoms with Crippen LogP contribution in [-0.4, -0.2) is 68.2 Å². The van der Waals surface area contributed by atoms with E-state index in [9.17, 15) is 0 Å². The molecule has 1 saturated heterocycles. The number of hydrogen-bond acceptors (Lipinski definition) is 5. The van der Waals surface area contributed by atoms with E-state index < -0.39 is 0 Å². The number of aromatic nitrogens is 1. The molecule has 0 radical (unpaired) electrons. The van der Waals surface area contributed by atoms with E-state index in [0.29, 0.717) is 0 Å². The van der Waals surface area contributed by atoms with Gasteiger partial charge in [-0.3, -0.25) is 0 Å². The molecular weight excluding hydrogens is 372 g/mol. The molecule has 0 amide bonds. The Balaban J connectivity index is 1.45. The molecule has 1 aliphatic heterocycles. The van der Waals surface area contributed by atoms with Crippen LogP contribution in [-0.2, 0) is 0 Å². The average molecular weight is 405 g/mol. The number of methoxy groups -OCH3 is 1. The number of hydrogen-bond donors (Lipinski definition) is 1. The summed E-state index contributed by atoms with van der Waals surface area (Å²) in [4.78, 5) is 9.92. The monoisotopic (exact) mass is 404 g/mol. The molecule has 0 unspecified atom stereocenters. The van der Waals surface area contributed by atoms with Crippen LogP contribution in [0, 0.1) is 0 Å². The van der Waals surface area contributed by atoms with Gasteiger partial charge in [0.2, 0.25) is 0 Å². The van der Waals surface area contributed by atoms with Crippen molar-refractivity contribution < 1.29 is 4.74 Å². The highest BCUT2D eigenvalue weighted by molar-refractivity contribution is 5.93. The van der Waals surface area contributed by atoms with Crippen LogP contribution in [0.25, 0.3) is 22.2 Å². The highest BCUT2D eigenvalue weighted by Gasteiger charge is 2.12. The highest BCUT2D eigenvalue weighted by atomic mass is 16.5. The standard InChI is InChI=1S/C25H32N4O/c1-28-14-6-16-29(18-17-28)15-5-13-26-25-19-24(20-9-11-21(30-2)12-10-20)27-23-8-4-3-7-22(23)25/h3-4,7-12,19H,5-6,13-18H2,1-2H3,(H,26,27). The summed E-state index contributed by atoms with van der Waals surface area (Å²) >= 11 is 0. The van der Waals surface area contributed by atoms with Gasteiger partial charge >= 0.3 is 0 Å². The van der Waals surface area contributed by atoms with Crippen molar-refractivity contribution >= 4 is 16.6 Å². The number of nitrogens with zero attached hydrogens (tertiary/aromatic N) is 3. The predicted octanol–water partition coefficient (Wildman–Crippen LogP) is 4.35. The van der Waals surface area contributed by atoms with Crippen molar-refractivity contribution in [2.75, 3.05) is 58.7 Å². The van der Waals surface area contributed by atoms with E-state index in [4.69, 9.17) is 9.72 Å². The molecule has 2 aromatic carbocycles. The maximum absolute atomic E-state index is 5.29. The fourth-order valence-electron chi connectivity index (χ4n) is 4.08. The molecular formula is C25H32N4O. The molecule has 0 aliphatic carbocycles. The first kappa shape index (κ1) is 20.6. The largest absolute Gasteiger partial charge is 0.497 e. The van der Waals surface area contributed by atoms with Gasteiger partial charge in [-0.25, -0.2) is 4.98 Å².